The van der Waals surface area contributed by atoms with Crippen molar-refractivity contribution in [3.05, 3.63) is 24.3 Å². The topological polar surface area (TPSA) is 77.0 Å². The van der Waals surface area contributed by atoms with E-state index in [1.54, 1.807) is 0 Å². The number of carbonyl (C=O) groups excluding carboxylic acids is 1. The lowest BCUT2D eigenvalue weighted by atomic mass is 10.2. The molecule has 6 heteroatoms. The number of rotatable bonds is 27. The molecule has 0 amide bonds. The fraction of sp³-hybridized carbons (Fsp3) is 0.828. The van der Waals surface area contributed by atoms with Crippen LogP contribution in [0.25, 0.3) is 0 Å². The monoisotopic (exact) mass is 497 g/mol. The largest absolute Gasteiger partial charge is 0.466 e. The normalized spacial score (nSPS) is 11.9. The lowest BCUT2D eigenvalue weighted by Crippen LogP contribution is -2.21. The van der Waals surface area contributed by atoms with Crippen LogP contribution in [0.2, 0.25) is 0 Å². The average Bonchev–Trinajstić information content (AvgIpc) is 2.86. The van der Waals surface area contributed by atoms with Crippen LogP contribution >= 0.6 is 0 Å². The third kappa shape index (κ3) is 27.2. The van der Waals surface area contributed by atoms with Crippen LogP contribution in [0.4, 0.5) is 0 Å². The zero-order valence-corrected chi connectivity index (χ0v) is 22.8. The number of esters is 1. The first-order valence-electron chi connectivity index (χ1n) is 14.2. The van der Waals surface area contributed by atoms with Crippen molar-refractivity contribution in [2.75, 3.05) is 39.5 Å². The van der Waals surface area contributed by atoms with E-state index in [1.165, 1.54) is 0 Å². The molecule has 0 aromatic rings. The molecule has 0 aliphatic rings. The Hall–Kier alpha value is -1.21. The summed E-state index contributed by atoms with van der Waals surface area (Å²) < 4.78 is 17.3. The number of hydrogen-bond donors (Lipinski definition) is 2. The van der Waals surface area contributed by atoms with E-state index in [2.05, 4.69) is 43.5 Å². The molecule has 0 bridgehead atoms. The van der Waals surface area contributed by atoms with Gasteiger partial charge in [0, 0.05) is 26.2 Å². The summed E-state index contributed by atoms with van der Waals surface area (Å²) in [5.41, 5.74) is 0. The standard InChI is InChI=1S/C29H55NO5/c1-3-5-7-9-12-17-26-34-29(35-27-18-13-10-8-6-4-2)21-20-28(32)33-25-16-14-11-15-22-30-23-19-24-31/h5-8,29-31H,3-4,9-27H2,1-2H3/b7-5-,8-6-. The van der Waals surface area contributed by atoms with Gasteiger partial charge in [-0.2, -0.15) is 0 Å². The van der Waals surface area contributed by atoms with E-state index < -0.39 is 0 Å². The Bertz CT molecular complexity index is 471. The molecule has 6 nitrogen and oxygen atoms in total. The molecular formula is C29H55NO5. The van der Waals surface area contributed by atoms with Crippen molar-refractivity contribution in [3.63, 3.8) is 0 Å². The van der Waals surface area contributed by atoms with E-state index in [-0.39, 0.29) is 18.9 Å². The molecule has 0 unspecified atom stereocenters. The molecule has 0 saturated carbocycles. The van der Waals surface area contributed by atoms with Gasteiger partial charge in [0.1, 0.15) is 0 Å². The number of unbranched alkanes of at least 4 members (excludes halogenated alkanes) is 7. The summed E-state index contributed by atoms with van der Waals surface area (Å²) in [5.74, 6) is -0.165. The van der Waals surface area contributed by atoms with Crippen molar-refractivity contribution in [3.8, 4) is 0 Å². The van der Waals surface area contributed by atoms with Crippen LogP contribution in [0.3, 0.4) is 0 Å². The minimum Gasteiger partial charge on any atom is -0.466 e. The number of hydrogen-bond acceptors (Lipinski definition) is 6. The van der Waals surface area contributed by atoms with Crippen LogP contribution < -0.4 is 5.32 Å². The van der Waals surface area contributed by atoms with Crippen molar-refractivity contribution in [1.82, 2.24) is 5.32 Å². The summed E-state index contributed by atoms with van der Waals surface area (Å²) in [7, 11) is 0. The van der Waals surface area contributed by atoms with Crippen LogP contribution in [-0.2, 0) is 19.0 Å². The van der Waals surface area contributed by atoms with Gasteiger partial charge in [0.2, 0.25) is 0 Å². The molecular weight excluding hydrogens is 442 g/mol. The SMILES string of the molecule is CC/C=C\CCCCOC(CCC(=O)OCCCCCCNCCCO)OCCCC/C=C\CC. The van der Waals surface area contributed by atoms with Crippen molar-refractivity contribution in [1.29, 1.82) is 0 Å². The highest BCUT2D eigenvalue weighted by Gasteiger charge is 2.13. The summed E-state index contributed by atoms with van der Waals surface area (Å²) >= 11 is 0. The van der Waals surface area contributed by atoms with Gasteiger partial charge in [-0.05, 0) is 83.7 Å². The summed E-state index contributed by atoms with van der Waals surface area (Å²) in [6.45, 7) is 8.19. The molecule has 2 N–H and O–H groups in total. The van der Waals surface area contributed by atoms with Crippen molar-refractivity contribution in [2.24, 2.45) is 0 Å². The van der Waals surface area contributed by atoms with E-state index in [1.807, 2.05) is 0 Å². The summed E-state index contributed by atoms with van der Waals surface area (Å²) in [5, 5.41) is 12.0. The lowest BCUT2D eigenvalue weighted by molar-refractivity contribution is -0.159. The molecule has 0 heterocycles. The maximum Gasteiger partial charge on any atom is 0.305 e. The Morgan fingerprint density at radius 3 is 1.91 bits per heavy atom. The number of aliphatic hydroxyl groups is 1. The summed E-state index contributed by atoms with van der Waals surface area (Å²) in [4.78, 5) is 12.2. The molecule has 0 spiro atoms. The molecule has 0 aliphatic carbocycles. The second-order valence-corrected chi connectivity index (χ2v) is 8.92. The fourth-order valence-corrected chi connectivity index (χ4v) is 3.47. The van der Waals surface area contributed by atoms with Crippen LogP contribution in [0.15, 0.2) is 24.3 Å². The van der Waals surface area contributed by atoms with Gasteiger partial charge < -0.3 is 24.6 Å². The zero-order chi connectivity index (χ0) is 25.7. The van der Waals surface area contributed by atoms with Crippen LogP contribution in [0, 0.1) is 0 Å². The van der Waals surface area contributed by atoms with E-state index in [0.717, 1.165) is 96.6 Å². The molecule has 0 rings (SSSR count). The molecule has 0 saturated heterocycles. The fourth-order valence-electron chi connectivity index (χ4n) is 3.47. The minimum absolute atomic E-state index is 0.165. The van der Waals surface area contributed by atoms with Gasteiger partial charge in [0.05, 0.1) is 13.0 Å². The maximum atomic E-state index is 12.2. The first-order valence-corrected chi connectivity index (χ1v) is 14.2. The number of allylic oxidation sites excluding steroid dienone is 4. The highest BCUT2D eigenvalue weighted by molar-refractivity contribution is 5.69. The van der Waals surface area contributed by atoms with Crippen LogP contribution in [0.5, 0.6) is 0 Å². The van der Waals surface area contributed by atoms with E-state index in [4.69, 9.17) is 19.3 Å². The van der Waals surface area contributed by atoms with Gasteiger partial charge in [-0.15, -0.1) is 0 Å². The number of aliphatic hydroxyl groups excluding tert-OH is 1. The van der Waals surface area contributed by atoms with E-state index in [9.17, 15) is 4.79 Å². The first-order chi connectivity index (χ1) is 17.2. The van der Waals surface area contributed by atoms with Gasteiger partial charge >= 0.3 is 5.97 Å². The number of carbonyl (C=O) groups is 1. The molecule has 206 valence electrons. The predicted octanol–water partition coefficient (Wildman–Crippen LogP) is 6.47. The summed E-state index contributed by atoms with van der Waals surface area (Å²) in [6, 6.07) is 0. The van der Waals surface area contributed by atoms with Gasteiger partial charge in [0.15, 0.2) is 6.29 Å². The van der Waals surface area contributed by atoms with Crippen molar-refractivity contribution >= 4 is 5.97 Å². The van der Waals surface area contributed by atoms with Crippen LogP contribution in [0.1, 0.15) is 110 Å². The smallest absolute Gasteiger partial charge is 0.305 e. The molecule has 0 aromatic heterocycles. The van der Waals surface area contributed by atoms with E-state index >= 15 is 0 Å². The highest BCUT2D eigenvalue weighted by atomic mass is 16.7. The number of nitrogens with one attached hydrogen (secondary N) is 1. The average molecular weight is 498 g/mol. The predicted molar refractivity (Wildman–Crippen MR) is 145 cm³/mol. The molecule has 0 aliphatic heterocycles. The van der Waals surface area contributed by atoms with Crippen molar-refractivity contribution < 1.29 is 24.1 Å². The highest BCUT2D eigenvalue weighted by Crippen LogP contribution is 2.10. The quantitative estimate of drug-likeness (QED) is 0.0586. The van der Waals surface area contributed by atoms with Gasteiger partial charge in [-0.25, -0.2) is 0 Å². The Labute approximate surface area is 215 Å². The Morgan fingerprint density at radius 2 is 1.31 bits per heavy atom. The summed E-state index contributed by atoms with van der Waals surface area (Å²) in [6.07, 6.45) is 22.9. The Morgan fingerprint density at radius 1 is 0.743 bits per heavy atom. The number of ether oxygens (including phenoxy) is 3. The van der Waals surface area contributed by atoms with Crippen LogP contribution in [-0.4, -0.2) is 56.9 Å². The van der Waals surface area contributed by atoms with E-state index in [0.29, 0.717) is 32.7 Å². The third-order valence-corrected chi connectivity index (χ3v) is 5.55. The second kappa shape index (κ2) is 29.0. The lowest BCUT2D eigenvalue weighted by Gasteiger charge is -2.18. The molecule has 35 heavy (non-hydrogen) atoms. The Kier molecular flexibility index (Phi) is 28.0. The second-order valence-electron chi connectivity index (χ2n) is 8.92. The minimum atomic E-state index is -0.335. The molecule has 0 fully saturated rings. The Balaban J connectivity index is 3.99. The van der Waals surface area contributed by atoms with Gasteiger partial charge in [-0.1, -0.05) is 51.0 Å². The van der Waals surface area contributed by atoms with Gasteiger partial charge in [0.25, 0.3) is 0 Å². The first kappa shape index (κ1) is 33.8. The zero-order valence-electron chi connectivity index (χ0n) is 22.8. The third-order valence-electron chi connectivity index (χ3n) is 5.55. The van der Waals surface area contributed by atoms with Crippen molar-refractivity contribution in [2.45, 2.75) is 116 Å². The molecule has 0 radical (unpaired) electrons. The molecule has 0 atom stereocenters. The van der Waals surface area contributed by atoms with Gasteiger partial charge in [-0.3, -0.25) is 4.79 Å². The maximum absolute atomic E-state index is 12.2. The molecule has 0 aromatic carbocycles.